The van der Waals surface area contributed by atoms with Crippen molar-refractivity contribution >= 4 is 23.6 Å². The second kappa shape index (κ2) is 7.93. The molecule has 0 spiro atoms. The van der Waals surface area contributed by atoms with Gasteiger partial charge in [0.25, 0.3) is 5.56 Å². The maximum atomic E-state index is 12.5. The van der Waals surface area contributed by atoms with E-state index in [2.05, 4.69) is 10.2 Å². The number of hydrogen-bond donors (Lipinski definition) is 1. The zero-order chi connectivity index (χ0) is 18.6. The first-order valence-corrected chi connectivity index (χ1v) is 8.09. The fraction of sp³-hybridized carbons (Fsp3) is 0.375. The molecule has 0 bridgehead atoms. The van der Waals surface area contributed by atoms with Gasteiger partial charge in [0, 0.05) is 19.2 Å². The lowest BCUT2D eigenvalue weighted by Crippen LogP contribution is -2.24. The summed E-state index contributed by atoms with van der Waals surface area (Å²) in [4.78, 5) is 12.5. The van der Waals surface area contributed by atoms with Gasteiger partial charge in [-0.05, 0) is 38.2 Å². The minimum Gasteiger partial charge on any atom is -0.497 e. The Hall–Kier alpha value is -2.68. The molecule has 0 saturated carbocycles. The molecule has 2 rings (SSSR count). The lowest BCUT2D eigenvalue weighted by Gasteiger charge is -2.12. The SMILES string of the molecule is CCn1c(O)c(/N=N/c2ccc(OC)cc2OC)c(=O)n(CC)c1=S. The minimum absolute atomic E-state index is 0.171. The number of azo groups is 1. The van der Waals surface area contributed by atoms with Gasteiger partial charge in [0.1, 0.15) is 17.2 Å². The summed E-state index contributed by atoms with van der Waals surface area (Å²) in [6.07, 6.45) is 0. The van der Waals surface area contributed by atoms with Crippen molar-refractivity contribution in [3.05, 3.63) is 33.3 Å². The molecule has 25 heavy (non-hydrogen) atoms. The molecule has 0 aliphatic heterocycles. The number of methoxy groups -OCH3 is 2. The molecular weight excluding hydrogens is 344 g/mol. The Morgan fingerprint density at radius 1 is 1.12 bits per heavy atom. The topological polar surface area (TPSA) is 90.3 Å². The molecule has 1 aromatic carbocycles. The molecule has 0 amide bonds. The lowest BCUT2D eigenvalue weighted by atomic mass is 10.3. The standard InChI is InChI=1S/C16H20N4O4S/c1-5-19-14(21)13(15(22)20(6-2)16(19)25)18-17-11-8-7-10(23-3)9-12(11)24-4/h7-9,21H,5-6H2,1-4H3/b18-17+. The van der Waals surface area contributed by atoms with Gasteiger partial charge in [0.05, 0.1) is 14.2 Å². The molecule has 134 valence electrons. The zero-order valence-electron chi connectivity index (χ0n) is 14.5. The van der Waals surface area contributed by atoms with Crippen molar-refractivity contribution in [3.8, 4) is 17.4 Å². The van der Waals surface area contributed by atoms with E-state index in [9.17, 15) is 9.90 Å². The Morgan fingerprint density at radius 2 is 1.80 bits per heavy atom. The summed E-state index contributed by atoms with van der Waals surface area (Å²) in [5, 5.41) is 18.3. The fourth-order valence-electron chi connectivity index (χ4n) is 2.30. The second-order valence-corrected chi connectivity index (χ2v) is 5.35. The van der Waals surface area contributed by atoms with Gasteiger partial charge in [-0.25, -0.2) is 0 Å². The third-order valence-electron chi connectivity index (χ3n) is 3.65. The third-order valence-corrected chi connectivity index (χ3v) is 4.09. The first-order valence-electron chi connectivity index (χ1n) is 7.68. The first-order chi connectivity index (χ1) is 12.0. The van der Waals surface area contributed by atoms with Crippen LogP contribution in [-0.4, -0.2) is 28.5 Å². The molecule has 0 radical (unpaired) electrons. The van der Waals surface area contributed by atoms with Crippen molar-refractivity contribution in [1.82, 2.24) is 9.13 Å². The molecule has 0 fully saturated rings. The zero-order valence-corrected chi connectivity index (χ0v) is 15.3. The molecule has 1 N–H and O–H groups in total. The van der Waals surface area contributed by atoms with Gasteiger partial charge in [0.15, 0.2) is 4.77 Å². The molecule has 2 aromatic rings. The van der Waals surface area contributed by atoms with Crippen LogP contribution in [0.25, 0.3) is 0 Å². The molecule has 1 heterocycles. The maximum absolute atomic E-state index is 12.5. The average Bonchev–Trinajstić information content (AvgIpc) is 2.62. The van der Waals surface area contributed by atoms with Crippen LogP contribution in [0.15, 0.2) is 33.2 Å². The van der Waals surface area contributed by atoms with Gasteiger partial charge in [0.2, 0.25) is 11.6 Å². The fourth-order valence-corrected chi connectivity index (χ4v) is 2.72. The van der Waals surface area contributed by atoms with Crippen molar-refractivity contribution in [2.75, 3.05) is 14.2 Å². The van der Waals surface area contributed by atoms with Crippen LogP contribution in [0.5, 0.6) is 17.4 Å². The van der Waals surface area contributed by atoms with Gasteiger partial charge < -0.3 is 14.6 Å². The predicted molar refractivity (Wildman–Crippen MR) is 96.3 cm³/mol. The van der Waals surface area contributed by atoms with Gasteiger partial charge in [-0.15, -0.1) is 10.2 Å². The Kier molecular flexibility index (Phi) is 5.92. The number of hydrogen-bond acceptors (Lipinski definition) is 7. The van der Waals surface area contributed by atoms with E-state index in [0.717, 1.165) is 0 Å². The molecule has 0 atom stereocenters. The number of aromatic nitrogens is 2. The molecule has 9 heteroatoms. The van der Waals surface area contributed by atoms with Crippen LogP contribution < -0.4 is 15.0 Å². The highest BCUT2D eigenvalue weighted by Crippen LogP contribution is 2.33. The molecule has 0 aliphatic rings. The van der Waals surface area contributed by atoms with E-state index in [1.807, 2.05) is 6.92 Å². The van der Waals surface area contributed by atoms with E-state index in [1.165, 1.54) is 16.2 Å². The van der Waals surface area contributed by atoms with E-state index >= 15 is 0 Å². The van der Waals surface area contributed by atoms with Gasteiger partial charge in [-0.3, -0.25) is 13.9 Å². The van der Waals surface area contributed by atoms with Crippen LogP contribution in [0.2, 0.25) is 0 Å². The van der Waals surface area contributed by atoms with E-state index in [-0.39, 0.29) is 16.3 Å². The van der Waals surface area contributed by atoms with Crippen LogP contribution in [0.1, 0.15) is 13.8 Å². The van der Waals surface area contributed by atoms with Crippen LogP contribution in [0.4, 0.5) is 11.4 Å². The summed E-state index contributed by atoms with van der Waals surface area (Å²) < 4.78 is 13.4. The number of nitrogens with zero attached hydrogens (tertiary/aromatic N) is 4. The number of rotatable bonds is 6. The van der Waals surface area contributed by atoms with Gasteiger partial charge in [-0.2, -0.15) is 0 Å². The third kappa shape index (κ3) is 3.55. The largest absolute Gasteiger partial charge is 0.497 e. The lowest BCUT2D eigenvalue weighted by molar-refractivity contribution is 0.394. The minimum atomic E-state index is -0.495. The van der Waals surface area contributed by atoms with E-state index in [0.29, 0.717) is 30.3 Å². The normalized spacial score (nSPS) is 11.0. The van der Waals surface area contributed by atoms with Crippen molar-refractivity contribution in [1.29, 1.82) is 0 Å². The van der Waals surface area contributed by atoms with Crippen LogP contribution >= 0.6 is 12.2 Å². The Labute approximate surface area is 150 Å². The van der Waals surface area contributed by atoms with Crippen molar-refractivity contribution in [2.24, 2.45) is 10.2 Å². The highest BCUT2D eigenvalue weighted by atomic mass is 32.1. The summed E-state index contributed by atoms with van der Waals surface area (Å²) in [6, 6.07) is 4.99. The summed E-state index contributed by atoms with van der Waals surface area (Å²) >= 11 is 5.23. The number of aromatic hydroxyl groups is 1. The van der Waals surface area contributed by atoms with Crippen LogP contribution in [-0.2, 0) is 13.1 Å². The Balaban J connectivity index is 2.59. The van der Waals surface area contributed by atoms with Crippen LogP contribution in [0, 0.1) is 4.77 Å². The van der Waals surface area contributed by atoms with E-state index in [1.54, 1.807) is 32.2 Å². The molecule has 8 nitrogen and oxygen atoms in total. The highest BCUT2D eigenvalue weighted by molar-refractivity contribution is 7.71. The summed E-state index contributed by atoms with van der Waals surface area (Å²) in [7, 11) is 3.04. The average molecular weight is 364 g/mol. The molecule has 1 aromatic heterocycles. The Morgan fingerprint density at radius 3 is 2.36 bits per heavy atom. The quantitative estimate of drug-likeness (QED) is 0.625. The van der Waals surface area contributed by atoms with Crippen molar-refractivity contribution in [3.63, 3.8) is 0 Å². The number of ether oxygens (including phenoxy) is 2. The maximum Gasteiger partial charge on any atom is 0.286 e. The summed E-state index contributed by atoms with van der Waals surface area (Å²) in [5.41, 5.74) is -0.267. The monoisotopic (exact) mass is 364 g/mol. The highest BCUT2D eigenvalue weighted by Gasteiger charge is 2.15. The smallest absolute Gasteiger partial charge is 0.286 e. The van der Waals surface area contributed by atoms with Crippen molar-refractivity contribution < 1.29 is 14.6 Å². The summed E-state index contributed by atoms with van der Waals surface area (Å²) in [5.74, 6) is 0.728. The Bertz CT molecular complexity index is 918. The molecule has 0 unspecified atom stereocenters. The van der Waals surface area contributed by atoms with Crippen LogP contribution in [0.3, 0.4) is 0 Å². The molecule has 0 saturated heterocycles. The number of benzene rings is 1. The second-order valence-electron chi connectivity index (χ2n) is 4.99. The van der Waals surface area contributed by atoms with E-state index in [4.69, 9.17) is 21.7 Å². The van der Waals surface area contributed by atoms with Gasteiger partial charge >= 0.3 is 0 Å². The molecule has 0 aliphatic carbocycles. The van der Waals surface area contributed by atoms with Gasteiger partial charge in [-0.1, -0.05) is 0 Å². The molecular formula is C16H20N4O4S. The van der Waals surface area contributed by atoms with E-state index < -0.39 is 5.56 Å². The first kappa shape index (κ1) is 18.7. The van der Waals surface area contributed by atoms with Crippen molar-refractivity contribution in [2.45, 2.75) is 26.9 Å². The summed E-state index contributed by atoms with van der Waals surface area (Å²) in [6.45, 7) is 4.38. The predicted octanol–water partition coefficient (Wildman–Crippen LogP) is 3.56.